The van der Waals surface area contributed by atoms with E-state index in [9.17, 15) is 4.79 Å². The van der Waals surface area contributed by atoms with Crippen LogP contribution in [0.25, 0.3) is 0 Å². The number of benzene rings is 1. The molecule has 1 aromatic carbocycles. The zero-order valence-electron chi connectivity index (χ0n) is 17.5. The summed E-state index contributed by atoms with van der Waals surface area (Å²) < 4.78 is 11.1. The van der Waals surface area contributed by atoms with Gasteiger partial charge in [0.2, 0.25) is 0 Å². The van der Waals surface area contributed by atoms with Crippen molar-refractivity contribution < 1.29 is 19.1 Å². The quantitative estimate of drug-likeness (QED) is 0.521. The molecule has 0 bridgehead atoms. The predicted molar refractivity (Wildman–Crippen MR) is 106 cm³/mol. The summed E-state index contributed by atoms with van der Waals surface area (Å²) in [6.45, 7) is 14.0. The number of hydrogen-bond acceptors (Lipinski definition) is 5. The lowest BCUT2D eigenvalue weighted by molar-refractivity contribution is -0.321. The van der Waals surface area contributed by atoms with E-state index in [1.54, 1.807) is 14.0 Å². The molecule has 27 heavy (non-hydrogen) atoms. The second-order valence-electron chi connectivity index (χ2n) is 8.57. The Balaban J connectivity index is 2.25. The van der Waals surface area contributed by atoms with Crippen LogP contribution >= 0.6 is 0 Å². The summed E-state index contributed by atoms with van der Waals surface area (Å²) in [4.78, 5) is 18.4. The highest BCUT2D eigenvalue weighted by Gasteiger charge is 2.47. The lowest BCUT2D eigenvalue weighted by atomic mass is 9.80. The van der Waals surface area contributed by atoms with Crippen LogP contribution in [0.4, 0.5) is 0 Å². The molecule has 0 spiro atoms. The van der Waals surface area contributed by atoms with Gasteiger partial charge in [-0.1, -0.05) is 36.9 Å². The Bertz CT molecular complexity index is 636. The Hall–Kier alpha value is -1.69. The Kier molecular flexibility index (Phi) is 6.84. The maximum atomic E-state index is 11.9. The van der Waals surface area contributed by atoms with E-state index >= 15 is 0 Å². The molecule has 0 aromatic heterocycles. The first-order chi connectivity index (χ1) is 12.6. The van der Waals surface area contributed by atoms with Gasteiger partial charge in [0, 0.05) is 23.8 Å². The third-order valence-corrected chi connectivity index (χ3v) is 5.01. The number of nitrogens with zero attached hydrogens (tertiary/aromatic N) is 1. The van der Waals surface area contributed by atoms with Gasteiger partial charge in [-0.15, -0.1) is 0 Å². The third-order valence-electron chi connectivity index (χ3n) is 5.01. The highest BCUT2D eigenvalue weighted by atomic mass is 16.7. The van der Waals surface area contributed by atoms with E-state index in [0.717, 1.165) is 18.4 Å². The van der Waals surface area contributed by atoms with Crippen molar-refractivity contribution in [3.8, 4) is 0 Å². The summed E-state index contributed by atoms with van der Waals surface area (Å²) in [5.41, 5.74) is 0.887. The summed E-state index contributed by atoms with van der Waals surface area (Å²) in [6, 6.07) is 9.85. The highest BCUT2D eigenvalue weighted by molar-refractivity contribution is 5.86. The number of hydroxylamine groups is 2. The van der Waals surface area contributed by atoms with Crippen molar-refractivity contribution in [2.75, 3.05) is 13.7 Å². The molecule has 150 valence electrons. The monoisotopic (exact) mass is 375 g/mol. The molecule has 0 aliphatic carbocycles. The number of esters is 1. The molecular weight excluding hydrogens is 342 g/mol. The normalized spacial score (nSPS) is 20.8. The number of ether oxygens (including phenoxy) is 2. The van der Waals surface area contributed by atoms with Crippen molar-refractivity contribution in [3.05, 3.63) is 48.0 Å². The number of hydrogen-bond donors (Lipinski definition) is 0. The number of piperidine rings is 1. The Labute approximate surface area is 163 Å². The van der Waals surface area contributed by atoms with Crippen molar-refractivity contribution in [3.63, 3.8) is 0 Å². The molecular formula is C22H33NO4. The summed E-state index contributed by atoms with van der Waals surface area (Å²) >= 11 is 0. The Morgan fingerprint density at radius 2 is 1.74 bits per heavy atom. The molecule has 1 fully saturated rings. The minimum atomic E-state index is -0.406. The SMILES string of the molecule is C=C(C)C(=O)OCC(ON1C(C)(C)CC(OC)CC1(C)C)c1ccccc1. The molecule has 1 saturated heterocycles. The summed E-state index contributed by atoms with van der Waals surface area (Å²) in [5.74, 6) is -0.406. The fourth-order valence-electron chi connectivity index (χ4n) is 3.88. The first-order valence-electron chi connectivity index (χ1n) is 9.44. The number of methoxy groups -OCH3 is 1. The molecule has 5 heteroatoms. The van der Waals surface area contributed by atoms with Crippen LogP contribution in [0.5, 0.6) is 0 Å². The zero-order valence-corrected chi connectivity index (χ0v) is 17.5. The van der Waals surface area contributed by atoms with Crippen LogP contribution in [0, 0.1) is 0 Å². The second-order valence-corrected chi connectivity index (χ2v) is 8.57. The predicted octanol–water partition coefficient (Wildman–Crippen LogP) is 4.45. The Morgan fingerprint density at radius 1 is 1.19 bits per heavy atom. The van der Waals surface area contributed by atoms with Gasteiger partial charge in [0.25, 0.3) is 0 Å². The minimum Gasteiger partial charge on any atom is -0.459 e. The fraction of sp³-hybridized carbons (Fsp3) is 0.591. The van der Waals surface area contributed by atoms with Gasteiger partial charge >= 0.3 is 5.97 Å². The van der Waals surface area contributed by atoms with Crippen LogP contribution in [-0.2, 0) is 19.1 Å². The first-order valence-corrected chi connectivity index (χ1v) is 9.44. The third kappa shape index (κ3) is 5.41. The molecule has 1 unspecified atom stereocenters. The lowest BCUT2D eigenvalue weighted by Crippen LogP contribution is -2.62. The van der Waals surface area contributed by atoms with E-state index in [4.69, 9.17) is 14.3 Å². The molecule has 1 heterocycles. The minimum absolute atomic E-state index is 0.131. The maximum Gasteiger partial charge on any atom is 0.333 e. The second kappa shape index (κ2) is 8.55. The molecule has 0 N–H and O–H groups in total. The summed E-state index contributed by atoms with van der Waals surface area (Å²) in [5, 5.41) is 2.06. The molecule has 1 aromatic rings. The lowest BCUT2D eigenvalue weighted by Gasteiger charge is -2.54. The van der Waals surface area contributed by atoms with Crippen LogP contribution < -0.4 is 0 Å². The van der Waals surface area contributed by atoms with Crippen molar-refractivity contribution >= 4 is 5.97 Å². The van der Waals surface area contributed by atoms with Crippen molar-refractivity contribution in [2.24, 2.45) is 0 Å². The molecule has 0 radical (unpaired) electrons. The number of rotatable bonds is 7. The largest absolute Gasteiger partial charge is 0.459 e. The van der Waals surface area contributed by atoms with Gasteiger partial charge in [0.1, 0.15) is 12.7 Å². The maximum absolute atomic E-state index is 11.9. The van der Waals surface area contributed by atoms with E-state index < -0.39 is 12.1 Å². The molecule has 1 aliphatic heterocycles. The van der Waals surface area contributed by atoms with Crippen molar-refractivity contribution in [1.82, 2.24) is 5.06 Å². The van der Waals surface area contributed by atoms with Crippen molar-refractivity contribution in [2.45, 2.75) is 70.7 Å². The standard InChI is InChI=1S/C22H33NO4/c1-16(2)20(24)26-15-19(17-11-9-8-10-12-17)27-23-21(3,4)13-18(25-7)14-22(23,5)6/h8-12,18-19H,1,13-15H2,2-7H3. The van der Waals surface area contributed by atoms with E-state index in [-0.39, 0.29) is 23.8 Å². The van der Waals surface area contributed by atoms with E-state index in [1.165, 1.54) is 0 Å². The molecule has 5 nitrogen and oxygen atoms in total. The Morgan fingerprint density at radius 3 is 2.22 bits per heavy atom. The van der Waals surface area contributed by atoms with Gasteiger partial charge in [-0.3, -0.25) is 4.84 Å². The van der Waals surface area contributed by atoms with Gasteiger partial charge < -0.3 is 9.47 Å². The number of carbonyl (C=O) groups excluding carboxylic acids is 1. The summed E-state index contributed by atoms with van der Waals surface area (Å²) in [6.07, 6.45) is 1.51. The topological polar surface area (TPSA) is 48.0 Å². The van der Waals surface area contributed by atoms with Crippen LogP contribution in [0.2, 0.25) is 0 Å². The zero-order chi connectivity index (χ0) is 20.2. The van der Waals surface area contributed by atoms with Gasteiger partial charge in [-0.25, -0.2) is 4.79 Å². The van der Waals surface area contributed by atoms with Crippen LogP contribution in [0.1, 0.15) is 59.1 Å². The number of carbonyl (C=O) groups is 1. The molecule has 2 rings (SSSR count). The van der Waals surface area contributed by atoms with Gasteiger partial charge in [0.05, 0.1) is 6.10 Å². The first kappa shape index (κ1) is 21.6. The van der Waals surface area contributed by atoms with E-state index in [0.29, 0.717) is 5.57 Å². The molecule has 1 atom stereocenters. The van der Waals surface area contributed by atoms with Gasteiger partial charge in [-0.2, -0.15) is 5.06 Å². The summed E-state index contributed by atoms with van der Waals surface area (Å²) in [7, 11) is 1.76. The van der Waals surface area contributed by atoms with Crippen molar-refractivity contribution in [1.29, 1.82) is 0 Å². The fourth-order valence-corrected chi connectivity index (χ4v) is 3.88. The average Bonchev–Trinajstić information content (AvgIpc) is 2.59. The van der Waals surface area contributed by atoms with Crippen LogP contribution in [-0.4, -0.2) is 41.9 Å². The van der Waals surface area contributed by atoms with Gasteiger partial charge in [0.15, 0.2) is 0 Å². The van der Waals surface area contributed by atoms with Crippen LogP contribution in [0.15, 0.2) is 42.5 Å². The van der Waals surface area contributed by atoms with E-state index in [1.807, 2.05) is 30.3 Å². The van der Waals surface area contributed by atoms with Crippen LogP contribution in [0.3, 0.4) is 0 Å². The van der Waals surface area contributed by atoms with Gasteiger partial charge in [-0.05, 0) is 53.0 Å². The highest BCUT2D eigenvalue weighted by Crippen LogP contribution is 2.41. The smallest absolute Gasteiger partial charge is 0.333 e. The average molecular weight is 376 g/mol. The molecule has 1 aliphatic rings. The van der Waals surface area contributed by atoms with E-state index in [2.05, 4.69) is 39.3 Å². The molecule has 0 saturated carbocycles. The molecule has 0 amide bonds.